The van der Waals surface area contributed by atoms with E-state index in [1.165, 1.54) is 0 Å². The first-order valence-corrected chi connectivity index (χ1v) is 6.84. The minimum atomic E-state index is -0.170. The molecule has 0 radical (unpaired) electrons. The first-order chi connectivity index (χ1) is 9.71. The monoisotopic (exact) mass is 275 g/mol. The molecule has 0 aliphatic heterocycles. The minimum Gasteiger partial charge on any atom is -0.395 e. The molecule has 1 aromatic rings. The lowest BCUT2D eigenvalue weighted by molar-refractivity contribution is 0.176. The third-order valence-corrected chi connectivity index (χ3v) is 2.97. The summed E-state index contributed by atoms with van der Waals surface area (Å²) in [6, 6.07) is 8.98. The number of amides is 2. The molecule has 108 valence electrons. The van der Waals surface area contributed by atoms with E-state index >= 15 is 0 Å². The van der Waals surface area contributed by atoms with Crippen molar-refractivity contribution in [2.75, 3.05) is 19.7 Å². The van der Waals surface area contributed by atoms with Gasteiger partial charge in [0, 0.05) is 19.6 Å². The summed E-state index contributed by atoms with van der Waals surface area (Å²) < 4.78 is 0. The molecule has 0 heterocycles. The Morgan fingerprint density at radius 3 is 2.60 bits per heavy atom. The smallest absolute Gasteiger partial charge is 0.317 e. The fourth-order valence-electron chi connectivity index (χ4n) is 1.77. The molecule has 2 amide bonds. The van der Waals surface area contributed by atoms with Crippen LogP contribution in [0.25, 0.3) is 0 Å². The van der Waals surface area contributed by atoms with E-state index in [-0.39, 0.29) is 12.6 Å². The highest BCUT2D eigenvalue weighted by molar-refractivity contribution is 5.74. The molecular weight excluding hydrogens is 254 g/mol. The van der Waals surface area contributed by atoms with Gasteiger partial charge in [-0.15, -0.1) is 0 Å². The minimum absolute atomic E-state index is 0.0337. The number of benzene rings is 1. The molecule has 0 aliphatic rings. The van der Waals surface area contributed by atoms with Gasteiger partial charge in [0.15, 0.2) is 0 Å². The van der Waals surface area contributed by atoms with E-state index in [9.17, 15) is 4.79 Å². The van der Waals surface area contributed by atoms with Gasteiger partial charge in [0.2, 0.25) is 0 Å². The average molecular weight is 275 g/mol. The van der Waals surface area contributed by atoms with Crippen LogP contribution in [0.1, 0.15) is 30.9 Å². The lowest BCUT2D eigenvalue weighted by Gasteiger charge is -2.22. The topological polar surface area (TPSA) is 76.4 Å². The molecule has 5 heteroatoms. The van der Waals surface area contributed by atoms with Gasteiger partial charge in [0.1, 0.15) is 0 Å². The third-order valence-electron chi connectivity index (χ3n) is 2.97. The van der Waals surface area contributed by atoms with E-state index in [1.54, 1.807) is 17.0 Å². The highest BCUT2D eigenvalue weighted by Crippen LogP contribution is 2.03. The maximum Gasteiger partial charge on any atom is 0.317 e. The fraction of sp³-hybridized carbons (Fsp3) is 0.467. The van der Waals surface area contributed by atoms with Crippen LogP contribution in [-0.2, 0) is 6.54 Å². The largest absolute Gasteiger partial charge is 0.395 e. The van der Waals surface area contributed by atoms with Crippen LogP contribution in [0, 0.1) is 11.3 Å². The number of aliphatic hydroxyl groups is 1. The Morgan fingerprint density at radius 1 is 1.35 bits per heavy atom. The Labute approximate surface area is 119 Å². The zero-order chi connectivity index (χ0) is 14.8. The number of carbonyl (C=O) groups excluding carboxylic acids is 1. The molecule has 5 nitrogen and oxygen atoms in total. The van der Waals surface area contributed by atoms with Crippen molar-refractivity contribution in [1.29, 1.82) is 5.26 Å². The van der Waals surface area contributed by atoms with Crippen LogP contribution in [0.4, 0.5) is 4.79 Å². The summed E-state index contributed by atoms with van der Waals surface area (Å²) in [7, 11) is 0. The first-order valence-electron chi connectivity index (χ1n) is 6.84. The molecule has 0 spiro atoms. The molecule has 1 aromatic carbocycles. The number of hydrogen-bond donors (Lipinski definition) is 2. The number of carbonyl (C=O) groups is 1. The number of urea groups is 1. The summed E-state index contributed by atoms with van der Waals surface area (Å²) in [5.41, 5.74) is 1.54. The van der Waals surface area contributed by atoms with Crippen molar-refractivity contribution in [1.82, 2.24) is 10.2 Å². The molecular formula is C15H21N3O2. The maximum absolute atomic E-state index is 12.0. The number of nitrogens with zero attached hydrogens (tertiary/aromatic N) is 2. The van der Waals surface area contributed by atoms with Crippen LogP contribution in [0.5, 0.6) is 0 Å². The zero-order valence-electron chi connectivity index (χ0n) is 11.8. The Bertz CT molecular complexity index is 451. The summed E-state index contributed by atoms with van der Waals surface area (Å²) in [5.74, 6) is 0. The second-order valence-electron chi connectivity index (χ2n) is 4.53. The van der Waals surface area contributed by atoms with Crippen LogP contribution < -0.4 is 5.32 Å². The van der Waals surface area contributed by atoms with Gasteiger partial charge in [-0.1, -0.05) is 25.5 Å². The van der Waals surface area contributed by atoms with Gasteiger partial charge in [-0.2, -0.15) is 5.26 Å². The summed E-state index contributed by atoms with van der Waals surface area (Å²) in [6.45, 7) is 3.44. The number of unbranched alkanes of at least 4 members (excludes halogenated alkanes) is 1. The Hall–Kier alpha value is -2.06. The van der Waals surface area contributed by atoms with Crippen molar-refractivity contribution >= 4 is 6.03 Å². The van der Waals surface area contributed by atoms with Crippen molar-refractivity contribution < 1.29 is 9.90 Å². The second-order valence-corrected chi connectivity index (χ2v) is 4.53. The van der Waals surface area contributed by atoms with E-state index in [0.717, 1.165) is 18.4 Å². The maximum atomic E-state index is 12.0. The SMILES string of the molecule is CCCCN(CCO)C(=O)NCc1ccc(C#N)cc1. The molecule has 0 fully saturated rings. The predicted octanol–water partition coefficient (Wildman–Crippen LogP) is 1.86. The summed E-state index contributed by atoms with van der Waals surface area (Å²) in [5, 5.41) is 20.5. The third kappa shape index (κ3) is 5.29. The zero-order valence-corrected chi connectivity index (χ0v) is 11.8. The Balaban J connectivity index is 2.48. The van der Waals surface area contributed by atoms with Crippen LogP contribution in [0.2, 0.25) is 0 Å². The Kier molecular flexibility index (Phi) is 7.15. The second kappa shape index (κ2) is 8.94. The molecule has 0 bridgehead atoms. The number of hydrogen-bond acceptors (Lipinski definition) is 3. The molecule has 20 heavy (non-hydrogen) atoms. The van der Waals surface area contributed by atoms with E-state index in [0.29, 0.717) is 25.2 Å². The number of nitrogens with one attached hydrogen (secondary N) is 1. The van der Waals surface area contributed by atoms with Gasteiger partial charge in [0.05, 0.1) is 18.2 Å². The molecule has 1 rings (SSSR count). The van der Waals surface area contributed by atoms with Gasteiger partial charge >= 0.3 is 6.03 Å². The van der Waals surface area contributed by atoms with Crippen LogP contribution in [0.15, 0.2) is 24.3 Å². The standard InChI is InChI=1S/C15H21N3O2/c1-2-3-8-18(9-10-19)15(20)17-12-14-6-4-13(11-16)5-7-14/h4-7,19H,2-3,8-10,12H2,1H3,(H,17,20). The molecule has 2 N–H and O–H groups in total. The van der Waals surface area contributed by atoms with Gasteiger partial charge in [0.25, 0.3) is 0 Å². The fourth-order valence-corrected chi connectivity index (χ4v) is 1.77. The van der Waals surface area contributed by atoms with Crippen molar-refractivity contribution in [2.45, 2.75) is 26.3 Å². The number of rotatable bonds is 7. The molecule has 0 aliphatic carbocycles. The van der Waals surface area contributed by atoms with Crippen LogP contribution in [0.3, 0.4) is 0 Å². The van der Waals surface area contributed by atoms with Gasteiger partial charge in [-0.25, -0.2) is 4.79 Å². The summed E-state index contributed by atoms with van der Waals surface area (Å²) in [6.07, 6.45) is 1.93. The first kappa shape index (κ1) is 16.0. The highest BCUT2D eigenvalue weighted by Gasteiger charge is 2.11. The normalized spacial score (nSPS) is 9.85. The number of nitriles is 1. The molecule has 0 saturated carbocycles. The predicted molar refractivity (Wildman–Crippen MR) is 77.0 cm³/mol. The molecule has 0 aromatic heterocycles. The van der Waals surface area contributed by atoms with E-state index in [1.807, 2.05) is 12.1 Å². The molecule has 0 unspecified atom stereocenters. The average Bonchev–Trinajstić information content (AvgIpc) is 2.49. The lowest BCUT2D eigenvalue weighted by Crippen LogP contribution is -2.41. The van der Waals surface area contributed by atoms with E-state index in [4.69, 9.17) is 10.4 Å². The molecule has 0 saturated heterocycles. The van der Waals surface area contributed by atoms with Crippen LogP contribution in [-0.4, -0.2) is 35.7 Å². The quantitative estimate of drug-likeness (QED) is 0.797. The van der Waals surface area contributed by atoms with Crippen molar-refractivity contribution in [3.05, 3.63) is 35.4 Å². The van der Waals surface area contributed by atoms with Crippen molar-refractivity contribution in [2.24, 2.45) is 0 Å². The van der Waals surface area contributed by atoms with Crippen LogP contribution >= 0.6 is 0 Å². The van der Waals surface area contributed by atoms with Crippen molar-refractivity contribution in [3.8, 4) is 6.07 Å². The molecule has 0 atom stereocenters. The summed E-state index contributed by atoms with van der Waals surface area (Å²) >= 11 is 0. The van der Waals surface area contributed by atoms with E-state index < -0.39 is 0 Å². The van der Waals surface area contributed by atoms with Gasteiger partial charge in [-0.3, -0.25) is 0 Å². The highest BCUT2D eigenvalue weighted by atomic mass is 16.3. The van der Waals surface area contributed by atoms with Crippen molar-refractivity contribution in [3.63, 3.8) is 0 Å². The van der Waals surface area contributed by atoms with Gasteiger partial charge in [-0.05, 0) is 24.1 Å². The van der Waals surface area contributed by atoms with E-state index in [2.05, 4.69) is 18.3 Å². The van der Waals surface area contributed by atoms with Gasteiger partial charge < -0.3 is 15.3 Å². The Morgan fingerprint density at radius 2 is 2.05 bits per heavy atom. The summed E-state index contributed by atoms with van der Waals surface area (Å²) in [4.78, 5) is 13.6. The lowest BCUT2D eigenvalue weighted by atomic mass is 10.1. The number of aliphatic hydroxyl groups excluding tert-OH is 1.